The number of fused-ring (bicyclic) bond motifs is 1. The highest BCUT2D eigenvalue weighted by molar-refractivity contribution is 5.67. The third-order valence-electron chi connectivity index (χ3n) is 2.55. The Morgan fingerprint density at radius 2 is 2.25 bits per heavy atom. The van der Waals surface area contributed by atoms with E-state index >= 15 is 0 Å². The van der Waals surface area contributed by atoms with Crippen LogP contribution in [0.15, 0.2) is 24.7 Å². The first-order valence-electron chi connectivity index (χ1n) is 5.39. The Labute approximate surface area is 94.7 Å². The summed E-state index contributed by atoms with van der Waals surface area (Å²) in [6, 6.07) is 1.94. The van der Waals surface area contributed by atoms with Gasteiger partial charge in [0, 0.05) is 17.9 Å². The van der Waals surface area contributed by atoms with Crippen LogP contribution in [0, 0.1) is 0 Å². The summed E-state index contributed by atoms with van der Waals surface area (Å²) in [5.74, 6) is 0.846. The van der Waals surface area contributed by atoms with Crippen LogP contribution in [-0.4, -0.2) is 26.7 Å². The third kappa shape index (κ3) is 2.14. The van der Waals surface area contributed by atoms with Crippen molar-refractivity contribution in [2.45, 2.75) is 25.8 Å². The lowest BCUT2D eigenvalue weighted by Crippen LogP contribution is -2.34. The van der Waals surface area contributed by atoms with Gasteiger partial charge < -0.3 is 11.1 Å². The van der Waals surface area contributed by atoms with Crippen molar-refractivity contribution >= 4 is 11.3 Å². The number of hydrogen-bond donors (Lipinski definition) is 2. The van der Waals surface area contributed by atoms with Crippen LogP contribution < -0.4 is 11.1 Å². The largest absolute Gasteiger partial charge is 0.363 e. The van der Waals surface area contributed by atoms with Crippen LogP contribution in [0.2, 0.25) is 0 Å². The van der Waals surface area contributed by atoms with Gasteiger partial charge in [0.05, 0.1) is 6.20 Å². The second-order valence-corrected chi connectivity index (χ2v) is 4.48. The molecular formula is C11H17N5. The fourth-order valence-electron chi connectivity index (χ4n) is 1.70. The van der Waals surface area contributed by atoms with Crippen LogP contribution in [0.4, 0.5) is 5.82 Å². The van der Waals surface area contributed by atoms with Crippen molar-refractivity contribution in [3.63, 3.8) is 0 Å². The maximum Gasteiger partial charge on any atom is 0.152 e. The summed E-state index contributed by atoms with van der Waals surface area (Å²) in [5, 5.41) is 7.56. The highest BCUT2D eigenvalue weighted by Crippen LogP contribution is 2.19. The van der Waals surface area contributed by atoms with Gasteiger partial charge in [0.25, 0.3) is 0 Å². The summed E-state index contributed by atoms with van der Waals surface area (Å²) in [4.78, 5) is 4.33. The van der Waals surface area contributed by atoms with Gasteiger partial charge in [-0.05, 0) is 32.9 Å². The minimum atomic E-state index is -0.0616. The van der Waals surface area contributed by atoms with E-state index in [0.29, 0.717) is 6.54 Å². The Morgan fingerprint density at radius 3 is 3.00 bits per heavy atom. The van der Waals surface area contributed by atoms with Crippen LogP contribution in [0.5, 0.6) is 0 Å². The maximum absolute atomic E-state index is 5.58. The number of aromatic nitrogens is 3. The van der Waals surface area contributed by atoms with E-state index in [2.05, 4.69) is 29.2 Å². The SMILES string of the molecule is CC(C)(CCN)Nc1nccn2nccc12. The van der Waals surface area contributed by atoms with E-state index in [1.165, 1.54) is 0 Å². The standard InChI is InChI=1S/C11H17N5/c1-11(2,4-5-12)15-10-9-3-6-14-16(9)8-7-13-10/h3,6-8H,4-5,12H2,1-2H3,(H,13,15). The first kappa shape index (κ1) is 10.9. The van der Waals surface area contributed by atoms with Gasteiger partial charge in [0.2, 0.25) is 0 Å². The van der Waals surface area contributed by atoms with Crippen molar-refractivity contribution in [1.29, 1.82) is 0 Å². The molecule has 3 N–H and O–H groups in total. The summed E-state index contributed by atoms with van der Waals surface area (Å²) in [5.41, 5.74) is 6.50. The van der Waals surface area contributed by atoms with Gasteiger partial charge in [-0.15, -0.1) is 0 Å². The molecule has 0 bridgehead atoms. The van der Waals surface area contributed by atoms with Gasteiger partial charge in [-0.25, -0.2) is 9.50 Å². The highest BCUT2D eigenvalue weighted by Gasteiger charge is 2.18. The molecule has 0 fully saturated rings. The maximum atomic E-state index is 5.58. The normalized spacial score (nSPS) is 11.9. The minimum absolute atomic E-state index is 0.0616. The smallest absolute Gasteiger partial charge is 0.152 e. The molecule has 16 heavy (non-hydrogen) atoms. The average molecular weight is 219 g/mol. The van der Waals surface area contributed by atoms with Crippen LogP contribution in [0.25, 0.3) is 5.52 Å². The first-order valence-corrected chi connectivity index (χ1v) is 5.39. The number of nitrogens with zero attached hydrogens (tertiary/aromatic N) is 3. The van der Waals surface area contributed by atoms with Crippen molar-refractivity contribution in [3.8, 4) is 0 Å². The molecular weight excluding hydrogens is 202 g/mol. The summed E-state index contributed by atoms with van der Waals surface area (Å²) in [7, 11) is 0. The van der Waals surface area contributed by atoms with Crippen LogP contribution >= 0.6 is 0 Å². The minimum Gasteiger partial charge on any atom is -0.363 e. The predicted octanol–water partition coefficient (Wildman–Crippen LogP) is 1.27. The second kappa shape index (κ2) is 4.09. The molecule has 0 saturated carbocycles. The Morgan fingerprint density at radius 1 is 1.44 bits per heavy atom. The Balaban J connectivity index is 2.30. The molecule has 2 heterocycles. The molecule has 5 nitrogen and oxygen atoms in total. The van der Waals surface area contributed by atoms with Crippen LogP contribution in [-0.2, 0) is 0 Å². The van der Waals surface area contributed by atoms with Gasteiger partial charge in [-0.2, -0.15) is 5.10 Å². The van der Waals surface area contributed by atoms with E-state index in [0.717, 1.165) is 17.8 Å². The van der Waals surface area contributed by atoms with Crippen LogP contribution in [0.3, 0.4) is 0 Å². The number of nitrogens with one attached hydrogen (secondary N) is 1. The summed E-state index contributed by atoms with van der Waals surface area (Å²) in [6.45, 7) is 4.88. The molecule has 0 amide bonds. The fraction of sp³-hybridized carbons (Fsp3) is 0.455. The van der Waals surface area contributed by atoms with E-state index in [4.69, 9.17) is 5.73 Å². The van der Waals surface area contributed by atoms with E-state index in [1.807, 2.05) is 12.3 Å². The predicted molar refractivity (Wildman–Crippen MR) is 64.4 cm³/mol. The molecule has 0 spiro atoms. The molecule has 2 aromatic heterocycles. The fourth-order valence-corrected chi connectivity index (χ4v) is 1.70. The van der Waals surface area contributed by atoms with Gasteiger partial charge in [0.1, 0.15) is 5.52 Å². The van der Waals surface area contributed by atoms with E-state index in [1.54, 1.807) is 16.9 Å². The molecule has 0 aliphatic carbocycles. The number of anilines is 1. The molecule has 0 aliphatic heterocycles. The van der Waals surface area contributed by atoms with Gasteiger partial charge >= 0.3 is 0 Å². The highest BCUT2D eigenvalue weighted by atomic mass is 15.2. The van der Waals surface area contributed by atoms with Crippen molar-refractivity contribution in [1.82, 2.24) is 14.6 Å². The number of nitrogens with two attached hydrogens (primary N) is 1. The van der Waals surface area contributed by atoms with Gasteiger partial charge in [-0.3, -0.25) is 0 Å². The summed E-state index contributed by atoms with van der Waals surface area (Å²) >= 11 is 0. The zero-order chi connectivity index (χ0) is 11.6. The molecule has 86 valence electrons. The molecule has 0 saturated heterocycles. The van der Waals surface area contributed by atoms with E-state index < -0.39 is 0 Å². The second-order valence-electron chi connectivity index (χ2n) is 4.48. The first-order chi connectivity index (χ1) is 7.62. The monoisotopic (exact) mass is 219 g/mol. The van der Waals surface area contributed by atoms with Crippen molar-refractivity contribution in [2.24, 2.45) is 5.73 Å². The molecule has 2 rings (SSSR count). The zero-order valence-electron chi connectivity index (χ0n) is 9.64. The van der Waals surface area contributed by atoms with Crippen molar-refractivity contribution in [2.75, 3.05) is 11.9 Å². The molecule has 2 aromatic rings. The third-order valence-corrected chi connectivity index (χ3v) is 2.55. The molecule has 0 unspecified atom stereocenters. The number of rotatable bonds is 4. The molecule has 0 atom stereocenters. The Hall–Kier alpha value is -1.62. The Kier molecular flexibility index (Phi) is 2.78. The molecule has 0 radical (unpaired) electrons. The Bertz CT molecular complexity index is 474. The van der Waals surface area contributed by atoms with Crippen LogP contribution in [0.1, 0.15) is 20.3 Å². The van der Waals surface area contributed by atoms with Crippen molar-refractivity contribution in [3.05, 3.63) is 24.7 Å². The average Bonchev–Trinajstić information content (AvgIpc) is 2.65. The summed E-state index contributed by atoms with van der Waals surface area (Å²) < 4.78 is 1.80. The summed E-state index contributed by atoms with van der Waals surface area (Å²) in [6.07, 6.45) is 6.22. The van der Waals surface area contributed by atoms with E-state index in [9.17, 15) is 0 Å². The number of hydrogen-bond acceptors (Lipinski definition) is 4. The quantitative estimate of drug-likeness (QED) is 0.812. The van der Waals surface area contributed by atoms with Gasteiger partial charge in [-0.1, -0.05) is 0 Å². The lowest BCUT2D eigenvalue weighted by Gasteiger charge is -2.26. The molecule has 0 aliphatic rings. The lowest BCUT2D eigenvalue weighted by atomic mass is 10.0. The molecule has 0 aromatic carbocycles. The zero-order valence-corrected chi connectivity index (χ0v) is 9.64. The molecule has 5 heteroatoms. The van der Waals surface area contributed by atoms with Crippen molar-refractivity contribution < 1.29 is 0 Å². The van der Waals surface area contributed by atoms with E-state index in [-0.39, 0.29) is 5.54 Å². The topological polar surface area (TPSA) is 68.2 Å². The lowest BCUT2D eigenvalue weighted by molar-refractivity contribution is 0.525. The van der Waals surface area contributed by atoms with Gasteiger partial charge in [0.15, 0.2) is 5.82 Å².